The predicted octanol–water partition coefficient (Wildman–Crippen LogP) is 7.03. The highest BCUT2D eigenvalue weighted by Crippen LogP contribution is 2.38. The van der Waals surface area contributed by atoms with E-state index in [0.717, 1.165) is 44.9 Å². The summed E-state index contributed by atoms with van der Waals surface area (Å²) < 4.78 is 60.7. The Labute approximate surface area is 202 Å². The van der Waals surface area contributed by atoms with Crippen LogP contribution in [0.2, 0.25) is 0 Å². The van der Waals surface area contributed by atoms with Crippen LogP contribution in [0.4, 0.5) is 13.2 Å². The van der Waals surface area contributed by atoms with Gasteiger partial charge >= 0.3 is 0 Å². The van der Waals surface area contributed by atoms with Gasteiger partial charge in [0.25, 0.3) is 0 Å². The lowest BCUT2D eigenvalue weighted by atomic mass is 9.78. The summed E-state index contributed by atoms with van der Waals surface area (Å²) in [4.78, 5) is 0. The fraction of sp³-hybridized carbons (Fsp3) is 0.714. The molecule has 2 unspecified atom stereocenters. The first-order valence-electron chi connectivity index (χ1n) is 13.1. The Morgan fingerprint density at radius 1 is 0.912 bits per heavy atom. The molecule has 1 aromatic carbocycles. The molecule has 3 nitrogen and oxygen atoms in total. The molecular weight excluding hydrogens is 441 g/mol. The second-order valence-electron chi connectivity index (χ2n) is 10.4. The van der Waals surface area contributed by atoms with Crippen molar-refractivity contribution in [3.05, 3.63) is 47.0 Å². The summed E-state index contributed by atoms with van der Waals surface area (Å²) in [5, 5.41) is 0. The van der Waals surface area contributed by atoms with Crippen LogP contribution in [0.15, 0.2) is 24.3 Å². The molecule has 2 heterocycles. The van der Waals surface area contributed by atoms with Crippen molar-refractivity contribution in [2.45, 2.75) is 95.6 Å². The van der Waals surface area contributed by atoms with Crippen molar-refractivity contribution in [2.24, 2.45) is 11.8 Å². The molecule has 34 heavy (non-hydrogen) atoms. The molecule has 0 bridgehead atoms. The van der Waals surface area contributed by atoms with Crippen molar-refractivity contribution in [1.29, 1.82) is 0 Å². The lowest BCUT2D eigenvalue weighted by Crippen LogP contribution is -2.48. The van der Waals surface area contributed by atoms with Gasteiger partial charge in [0.2, 0.25) is 0 Å². The van der Waals surface area contributed by atoms with Crippen LogP contribution in [0, 0.1) is 23.5 Å². The zero-order valence-electron chi connectivity index (χ0n) is 20.5. The fourth-order valence-electron chi connectivity index (χ4n) is 5.67. The second-order valence-corrected chi connectivity index (χ2v) is 10.4. The second kappa shape index (κ2) is 11.6. The topological polar surface area (TPSA) is 27.7 Å². The molecular formula is C28H39F3O3. The Hall–Kier alpha value is -1.37. The quantitative estimate of drug-likeness (QED) is 0.392. The number of hydrogen-bond donors (Lipinski definition) is 0. The largest absolute Gasteiger partial charge is 0.374 e. The van der Waals surface area contributed by atoms with E-state index in [4.69, 9.17) is 14.2 Å². The number of halogens is 3. The average Bonchev–Trinajstić information content (AvgIpc) is 2.86. The van der Waals surface area contributed by atoms with Crippen molar-refractivity contribution in [3.8, 4) is 0 Å². The highest BCUT2D eigenvalue weighted by molar-refractivity contribution is 5.29. The molecule has 2 saturated heterocycles. The summed E-state index contributed by atoms with van der Waals surface area (Å²) >= 11 is 0. The van der Waals surface area contributed by atoms with E-state index in [0.29, 0.717) is 36.5 Å². The van der Waals surface area contributed by atoms with Gasteiger partial charge < -0.3 is 14.2 Å². The first-order valence-corrected chi connectivity index (χ1v) is 13.1. The Morgan fingerprint density at radius 3 is 2.26 bits per heavy atom. The van der Waals surface area contributed by atoms with E-state index in [1.54, 1.807) is 12.1 Å². The smallest absolute Gasteiger partial charge is 0.162 e. The third-order valence-corrected chi connectivity index (χ3v) is 7.82. The van der Waals surface area contributed by atoms with Gasteiger partial charge in [-0.15, -0.1) is 0 Å². The average molecular weight is 481 g/mol. The van der Waals surface area contributed by atoms with Gasteiger partial charge in [0.1, 0.15) is 0 Å². The molecule has 2 atom stereocenters. The normalized spacial score (nSPS) is 35.0. The molecule has 0 amide bonds. The van der Waals surface area contributed by atoms with Crippen LogP contribution in [0.25, 0.3) is 0 Å². The molecule has 1 saturated carbocycles. The van der Waals surface area contributed by atoms with E-state index >= 15 is 0 Å². The lowest BCUT2D eigenvalue weighted by molar-refractivity contribution is -0.265. The first-order chi connectivity index (χ1) is 16.4. The predicted molar refractivity (Wildman–Crippen MR) is 126 cm³/mol. The molecule has 190 valence electrons. The van der Waals surface area contributed by atoms with Gasteiger partial charge in [0, 0.05) is 5.92 Å². The van der Waals surface area contributed by atoms with Crippen LogP contribution in [-0.2, 0) is 20.6 Å². The SMILES string of the molecule is CCCC1(F)COC(C2CCC(/C=C/C3CCC(c4ccc(CC)c(F)c4F)CC3)OC2)OC1. The highest BCUT2D eigenvalue weighted by Gasteiger charge is 2.40. The summed E-state index contributed by atoms with van der Waals surface area (Å²) in [5.74, 6) is -0.657. The van der Waals surface area contributed by atoms with Gasteiger partial charge in [-0.2, -0.15) is 0 Å². The third-order valence-electron chi connectivity index (χ3n) is 7.82. The third kappa shape index (κ3) is 6.06. The molecule has 3 fully saturated rings. The fourth-order valence-corrected chi connectivity index (χ4v) is 5.67. The molecule has 0 radical (unpaired) electrons. The van der Waals surface area contributed by atoms with Crippen LogP contribution in [0.3, 0.4) is 0 Å². The summed E-state index contributed by atoms with van der Waals surface area (Å²) in [7, 11) is 0. The number of rotatable bonds is 7. The molecule has 3 aliphatic rings. The molecule has 2 aliphatic heterocycles. The number of allylic oxidation sites excluding steroid dienone is 1. The van der Waals surface area contributed by atoms with Gasteiger partial charge in [-0.3, -0.25) is 0 Å². The van der Waals surface area contributed by atoms with E-state index in [-0.39, 0.29) is 37.4 Å². The van der Waals surface area contributed by atoms with Crippen LogP contribution in [-0.4, -0.2) is 37.9 Å². The zero-order chi connectivity index (χ0) is 24.1. The Kier molecular flexibility index (Phi) is 8.76. The van der Waals surface area contributed by atoms with Crippen molar-refractivity contribution >= 4 is 0 Å². The van der Waals surface area contributed by atoms with E-state index in [2.05, 4.69) is 12.2 Å². The zero-order valence-corrected chi connectivity index (χ0v) is 20.5. The summed E-state index contributed by atoms with van der Waals surface area (Å²) in [5.41, 5.74) is -0.379. The number of ether oxygens (including phenoxy) is 3. The van der Waals surface area contributed by atoms with Gasteiger partial charge in [-0.1, -0.05) is 44.6 Å². The highest BCUT2D eigenvalue weighted by atomic mass is 19.2. The van der Waals surface area contributed by atoms with E-state index in [1.807, 2.05) is 13.8 Å². The minimum atomic E-state index is -1.36. The number of alkyl halides is 1. The van der Waals surface area contributed by atoms with Gasteiger partial charge in [-0.25, -0.2) is 13.2 Å². The van der Waals surface area contributed by atoms with Gasteiger partial charge in [0.05, 0.1) is 25.9 Å². The number of aryl methyl sites for hydroxylation is 1. The molecule has 1 aromatic rings. The van der Waals surface area contributed by atoms with Crippen LogP contribution >= 0.6 is 0 Å². The maximum absolute atomic E-state index is 14.5. The monoisotopic (exact) mass is 480 g/mol. The van der Waals surface area contributed by atoms with Crippen molar-refractivity contribution in [2.75, 3.05) is 19.8 Å². The molecule has 0 spiro atoms. The molecule has 0 aromatic heterocycles. The number of hydrogen-bond acceptors (Lipinski definition) is 3. The number of benzene rings is 1. The molecule has 0 N–H and O–H groups in total. The Morgan fingerprint density at radius 2 is 1.65 bits per heavy atom. The Bertz CT molecular complexity index is 818. The van der Waals surface area contributed by atoms with Crippen LogP contribution in [0.1, 0.15) is 82.3 Å². The van der Waals surface area contributed by atoms with Crippen LogP contribution in [0.5, 0.6) is 0 Å². The van der Waals surface area contributed by atoms with Gasteiger partial charge in [-0.05, 0) is 74.3 Å². The maximum atomic E-state index is 14.5. The van der Waals surface area contributed by atoms with Crippen molar-refractivity contribution in [1.82, 2.24) is 0 Å². The molecule has 1 aliphatic carbocycles. The minimum absolute atomic E-state index is 0.0750. The molecule has 6 heteroatoms. The summed E-state index contributed by atoms with van der Waals surface area (Å²) in [6, 6.07) is 3.51. The summed E-state index contributed by atoms with van der Waals surface area (Å²) in [6.45, 7) is 4.57. The molecule has 4 rings (SSSR count). The van der Waals surface area contributed by atoms with E-state index in [9.17, 15) is 13.2 Å². The van der Waals surface area contributed by atoms with Crippen LogP contribution < -0.4 is 0 Å². The first kappa shape index (κ1) is 25.7. The van der Waals surface area contributed by atoms with Crippen molar-refractivity contribution in [3.63, 3.8) is 0 Å². The van der Waals surface area contributed by atoms with E-state index in [1.165, 1.54) is 0 Å². The Balaban J connectivity index is 1.20. The minimum Gasteiger partial charge on any atom is -0.374 e. The van der Waals surface area contributed by atoms with E-state index < -0.39 is 17.3 Å². The summed E-state index contributed by atoms with van der Waals surface area (Å²) in [6.07, 6.45) is 11.4. The lowest BCUT2D eigenvalue weighted by Gasteiger charge is -2.39. The standard InChI is InChI=1S/C28H39F3O3/c1-3-15-28(31)17-33-27(34-18-28)22-10-13-23(32-16-22)12-7-19-5-8-21(9-6-19)24-14-11-20(4-2)25(29)26(24)30/h7,11-12,14,19,21-23,27H,3-6,8-10,13,15-18H2,1-2H3/b12-7+. The van der Waals surface area contributed by atoms with Gasteiger partial charge in [0.15, 0.2) is 23.6 Å². The van der Waals surface area contributed by atoms with Crippen molar-refractivity contribution < 1.29 is 27.4 Å². The maximum Gasteiger partial charge on any atom is 0.162 e.